The van der Waals surface area contributed by atoms with E-state index in [9.17, 15) is 9.59 Å². The lowest BCUT2D eigenvalue weighted by atomic mass is 10.3. The average molecular weight is 409 g/mol. The standard InChI is InChI=1S/C21H19N3O4S/c1-2-12-22-21-24-18(14-29-21)20(26)27-13-19(25)23-15-8-10-17(11-9-15)28-16-6-4-3-5-7-16/h2-11,14H,1,12-13H2,(H,22,24)(H,23,25). The van der Waals surface area contributed by atoms with Crippen molar-refractivity contribution in [2.45, 2.75) is 0 Å². The van der Waals surface area contributed by atoms with Crippen molar-refractivity contribution in [3.05, 3.63) is 78.3 Å². The van der Waals surface area contributed by atoms with Gasteiger partial charge in [-0.05, 0) is 36.4 Å². The van der Waals surface area contributed by atoms with Gasteiger partial charge in [-0.3, -0.25) is 4.79 Å². The van der Waals surface area contributed by atoms with Crippen molar-refractivity contribution in [1.29, 1.82) is 0 Å². The van der Waals surface area contributed by atoms with Gasteiger partial charge in [-0.2, -0.15) is 0 Å². The summed E-state index contributed by atoms with van der Waals surface area (Å²) in [5.41, 5.74) is 0.716. The Morgan fingerprint density at radius 3 is 2.52 bits per heavy atom. The first-order valence-electron chi connectivity index (χ1n) is 8.74. The summed E-state index contributed by atoms with van der Waals surface area (Å²) in [5, 5.41) is 7.79. The highest BCUT2D eigenvalue weighted by molar-refractivity contribution is 7.13. The van der Waals surface area contributed by atoms with Gasteiger partial charge in [-0.15, -0.1) is 17.9 Å². The molecule has 0 aliphatic heterocycles. The number of hydrogen-bond donors (Lipinski definition) is 2. The lowest BCUT2D eigenvalue weighted by Crippen LogP contribution is -2.21. The number of amides is 1. The van der Waals surface area contributed by atoms with Crippen molar-refractivity contribution in [3.63, 3.8) is 0 Å². The highest BCUT2D eigenvalue weighted by atomic mass is 32.1. The van der Waals surface area contributed by atoms with Crippen LogP contribution in [-0.2, 0) is 9.53 Å². The number of nitrogens with one attached hydrogen (secondary N) is 2. The summed E-state index contributed by atoms with van der Waals surface area (Å²) in [4.78, 5) is 28.1. The Kier molecular flexibility index (Phi) is 6.96. The largest absolute Gasteiger partial charge is 0.457 e. The highest BCUT2D eigenvalue weighted by Crippen LogP contribution is 2.22. The van der Waals surface area contributed by atoms with Crippen LogP contribution in [-0.4, -0.2) is 30.0 Å². The van der Waals surface area contributed by atoms with E-state index in [1.54, 1.807) is 35.7 Å². The number of anilines is 2. The number of thiazole rings is 1. The van der Waals surface area contributed by atoms with Crippen LogP contribution in [0.15, 0.2) is 72.6 Å². The van der Waals surface area contributed by atoms with Crippen LogP contribution in [0.1, 0.15) is 10.5 Å². The van der Waals surface area contributed by atoms with Crippen LogP contribution in [0.3, 0.4) is 0 Å². The van der Waals surface area contributed by atoms with E-state index < -0.39 is 18.5 Å². The lowest BCUT2D eigenvalue weighted by molar-refractivity contribution is -0.119. The van der Waals surface area contributed by atoms with Gasteiger partial charge in [0, 0.05) is 17.6 Å². The molecular weight excluding hydrogens is 390 g/mol. The second-order valence-corrected chi connectivity index (χ2v) is 6.63. The molecule has 0 aliphatic carbocycles. The molecule has 0 atom stereocenters. The highest BCUT2D eigenvalue weighted by Gasteiger charge is 2.14. The maximum Gasteiger partial charge on any atom is 0.358 e. The molecule has 3 aromatic rings. The molecule has 0 spiro atoms. The van der Waals surface area contributed by atoms with Gasteiger partial charge in [-0.25, -0.2) is 9.78 Å². The van der Waals surface area contributed by atoms with Gasteiger partial charge in [0.1, 0.15) is 11.5 Å². The molecule has 7 nitrogen and oxygen atoms in total. The predicted molar refractivity (Wildman–Crippen MR) is 113 cm³/mol. The van der Waals surface area contributed by atoms with Gasteiger partial charge in [0.2, 0.25) is 0 Å². The molecular formula is C21H19N3O4S. The van der Waals surface area contributed by atoms with E-state index >= 15 is 0 Å². The molecule has 2 aromatic carbocycles. The molecule has 2 N–H and O–H groups in total. The summed E-state index contributed by atoms with van der Waals surface area (Å²) in [6.45, 7) is 3.73. The van der Waals surface area contributed by atoms with Gasteiger partial charge >= 0.3 is 5.97 Å². The van der Waals surface area contributed by atoms with E-state index in [-0.39, 0.29) is 5.69 Å². The van der Waals surface area contributed by atoms with Crippen LogP contribution in [0.5, 0.6) is 11.5 Å². The second-order valence-electron chi connectivity index (χ2n) is 5.77. The van der Waals surface area contributed by atoms with Gasteiger partial charge in [0.25, 0.3) is 5.91 Å². The minimum atomic E-state index is -0.658. The van der Waals surface area contributed by atoms with Gasteiger partial charge in [0.15, 0.2) is 17.4 Å². The number of benzene rings is 2. The summed E-state index contributed by atoms with van der Waals surface area (Å²) in [6, 6.07) is 16.3. The average Bonchev–Trinajstić information content (AvgIpc) is 3.22. The molecule has 0 aliphatic rings. The molecule has 1 amide bonds. The van der Waals surface area contributed by atoms with Crippen LogP contribution >= 0.6 is 11.3 Å². The number of esters is 1. The first-order chi connectivity index (χ1) is 14.1. The third-order valence-electron chi connectivity index (χ3n) is 3.56. The van der Waals surface area contributed by atoms with Crippen molar-refractivity contribution in [3.8, 4) is 11.5 Å². The third kappa shape index (κ3) is 6.18. The zero-order valence-corrected chi connectivity index (χ0v) is 16.3. The van der Waals surface area contributed by atoms with E-state index in [1.807, 2.05) is 30.3 Å². The van der Waals surface area contributed by atoms with Crippen LogP contribution in [0.2, 0.25) is 0 Å². The van der Waals surface area contributed by atoms with Crippen LogP contribution < -0.4 is 15.4 Å². The molecule has 0 unspecified atom stereocenters. The molecule has 8 heteroatoms. The fourth-order valence-corrected chi connectivity index (χ4v) is 2.93. The molecule has 148 valence electrons. The topological polar surface area (TPSA) is 89.5 Å². The first-order valence-corrected chi connectivity index (χ1v) is 9.62. The Labute approximate surface area is 172 Å². The zero-order chi connectivity index (χ0) is 20.5. The first kappa shape index (κ1) is 20.1. The SMILES string of the molecule is C=CCNc1nc(C(=O)OCC(=O)Nc2ccc(Oc3ccccc3)cc2)cs1. The van der Waals surface area contributed by atoms with E-state index in [4.69, 9.17) is 9.47 Å². The van der Waals surface area contributed by atoms with Crippen molar-refractivity contribution < 1.29 is 19.1 Å². The summed E-state index contributed by atoms with van der Waals surface area (Å²) in [6.07, 6.45) is 1.68. The number of ether oxygens (including phenoxy) is 2. The summed E-state index contributed by atoms with van der Waals surface area (Å²) >= 11 is 1.27. The fraction of sp³-hybridized carbons (Fsp3) is 0.0952. The Morgan fingerprint density at radius 1 is 1.07 bits per heavy atom. The maximum atomic E-state index is 12.0. The Balaban J connectivity index is 1.46. The van der Waals surface area contributed by atoms with E-state index in [1.165, 1.54) is 11.3 Å². The van der Waals surface area contributed by atoms with Gasteiger partial charge in [0.05, 0.1) is 0 Å². The van der Waals surface area contributed by atoms with Gasteiger partial charge in [-0.1, -0.05) is 24.3 Å². The second kappa shape index (κ2) is 10.0. The smallest absolute Gasteiger partial charge is 0.358 e. The molecule has 0 radical (unpaired) electrons. The Morgan fingerprint density at radius 2 is 1.79 bits per heavy atom. The molecule has 0 saturated heterocycles. The number of para-hydroxylation sites is 1. The van der Waals surface area contributed by atoms with E-state index in [0.717, 1.165) is 5.75 Å². The Hall–Kier alpha value is -3.65. The maximum absolute atomic E-state index is 12.0. The van der Waals surface area contributed by atoms with Crippen molar-refractivity contribution in [2.24, 2.45) is 0 Å². The molecule has 0 bridgehead atoms. The minimum Gasteiger partial charge on any atom is -0.457 e. The van der Waals surface area contributed by atoms with E-state index in [0.29, 0.717) is 23.1 Å². The third-order valence-corrected chi connectivity index (χ3v) is 4.36. The number of rotatable bonds is 9. The van der Waals surface area contributed by atoms with Crippen LogP contribution in [0.25, 0.3) is 0 Å². The molecule has 1 heterocycles. The summed E-state index contributed by atoms with van der Waals surface area (Å²) < 4.78 is 10.7. The zero-order valence-electron chi connectivity index (χ0n) is 15.5. The number of carbonyl (C=O) groups excluding carboxylic acids is 2. The van der Waals surface area contributed by atoms with Crippen molar-refractivity contribution >= 4 is 34.0 Å². The minimum absolute atomic E-state index is 0.150. The quantitative estimate of drug-likeness (QED) is 0.404. The van der Waals surface area contributed by atoms with Crippen molar-refractivity contribution in [2.75, 3.05) is 23.8 Å². The van der Waals surface area contributed by atoms with Gasteiger partial charge < -0.3 is 20.1 Å². The summed E-state index contributed by atoms with van der Waals surface area (Å²) in [5.74, 6) is 0.260. The Bertz CT molecular complexity index is 971. The number of carbonyl (C=O) groups is 2. The van der Waals surface area contributed by atoms with Crippen LogP contribution in [0.4, 0.5) is 10.8 Å². The molecule has 1 aromatic heterocycles. The number of nitrogens with zero attached hydrogens (tertiary/aromatic N) is 1. The normalized spacial score (nSPS) is 10.1. The van der Waals surface area contributed by atoms with E-state index in [2.05, 4.69) is 22.2 Å². The summed E-state index contributed by atoms with van der Waals surface area (Å²) in [7, 11) is 0. The van der Waals surface area contributed by atoms with Crippen LogP contribution in [0, 0.1) is 0 Å². The van der Waals surface area contributed by atoms with Crippen molar-refractivity contribution in [1.82, 2.24) is 4.98 Å². The number of aromatic nitrogens is 1. The molecule has 0 saturated carbocycles. The molecule has 3 rings (SSSR count). The fourth-order valence-electron chi connectivity index (χ4n) is 2.24. The molecule has 29 heavy (non-hydrogen) atoms. The predicted octanol–water partition coefficient (Wildman–Crippen LogP) is 4.33. The molecule has 0 fully saturated rings. The monoisotopic (exact) mass is 409 g/mol. The number of hydrogen-bond acceptors (Lipinski definition) is 7. The lowest BCUT2D eigenvalue weighted by Gasteiger charge is -2.08.